The molecule has 1 unspecified atom stereocenters. The van der Waals surface area contributed by atoms with Crippen LogP contribution in [0.5, 0.6) is 11.5 Å². The summed E-state index contributed by atoms with van der Waals surface area (Å²) in [6, 6.07) is 5.61. The third kappa shape index (κ3) is 1.91. The van der Waals surface area contributed by atoms with Crippen LogP contribution in [0.15, 0.2) is 18.2 Å². The lowest BCUT2D eigenvalue weighted by atomic mass is 10.2. The van der Waals surface area contributed by atoms with E-state index in [-0.39, 0.29) is 18.7 Å². The minimum atomic E-state index is 0.0524. The minimum absolute atomic E-state index is 0.0524. The molecule has 0 aliphatic carbocycles. The molecule has 1 aromatic rings. The van der Waals surface area contributed by atoms with Crippen LogP contribution < -0.4 is 20.1 Å². The monoisotopic (exact) mass is 266 g/mol. The maximum absolute atomic E-state index is 12.0. The molecule has 18 heavy (non-hydrogen) atoms. The molecule has 0 bridgehead atoms. The van der Waals surface area contributed by atoms with E-state index in [1.165, 1.54) is 0 Å². The summed E-state index contributed by atoms with van der Waals surface area (Å²) in [6.07, 6.45) is 0. The normalized spacial score (nSPS) is 22.4. The lowest BCUT2D eigenvalue weighted by Gasteiger charge is -2.34. The van der Waals surface area contributed by atoms with Gasteiger partial charge in [0.2, 0.25) is 12.7 Å². The Hall–Kier alpha value is -1.40. The van der Waals surface area contributed by atoms with Crippen LogP contribution in [0, 0.1) is 0 Å². The van der Waals surface area contributed by atoms with E-state index in [0.717, 1.165) is 17.2 Å². The van der Waals surface area contributed by atoms with Crippen molar-refractivity contribution in [3.63, 3.8) is 0 Å². The second kappa shape index (κ2) is 4.70. The quantitative estimate of drug-likeness (QED) is 0.858. The number of nitrogens with zero attached hydrogens (tertiary/aromatic N) is 1. The molecule has 1 amide bonds. The van der Waals surface area contributed by atoms with Crippen LogP contribution in [0.1, 0.15) is 0 Å². The molecule has 2 N–H and O–H groups in total. The van der Waals surface area contributed by atoms with Crippen LogP contribution >= 0.6 is 11.8 Å². The molecule has 0 spiro atoms. The summed E-state index contributed by atoms with van der Waals surface area (Å²) in [6.45, 7) is 0.704. The molecule has 1 atom stereocenters. The molecule has 1 saturated heterocycles. The van der Waals surface area contributed by atoms with Crippen LogP contribution in [0.2, 0.25) is 0 Å². The topological polar surface area (TPSA) is 64.8 Å². The Morgan fingerprint density at radius 2 is 2.22 bits per heavy atom. The van der Waals surface area contributed by atoms with E-state index in [1.54, 1.807) is 16.7 Å². The van der Waals surface area contributed by atoms with Gasteiger partial charge in [-0.25, -0.2) is 0 Å². The SMILES string of the molecule is NCC1CSCC(=O)N1c1ccc2c(c1)OCO2. The summed E-state index contributed by atoms with van der Waals surface area (Å²) < 4.78 is 10.6. The molecule has 0 aromatic heterocycles. The van der Waals surface area contributed by atoms with Gasteiger partial charge in [0.25, 0.3) is 0 Å². The molecule has 2 heterocycles. The molecule has 6 heteroatoms. The Labute approximate surface area is 109 Å². The molecule has 0 radical (unpaired) electrons. The van der Waals surface area contributed by atoms with Gasteiger partial charge in [0.15, 0.2) is 11.5 Å². The van der Waals surface area contributed by atoms with Crippen LogP contribution in [-0.4, -0.2) is 36.8 Å². The standard InChI is InChI=1S/C12H14N2O3S/c13-4-9-5-18-6-12(15)14(9)8-1-2-10-11(3-8)17-7-16-10/h1-3,9H,4-7,13H2. The van der Waals surface area contributed by atoms with Crippen molar-refractivity contribution in [2.75, 3.05) is 29.7 Å². The van der Waals surface area contributed by atoms with E-state index in [4.69, 9.17) is 15.2 Å². The smallest absolute Gasteiger partial charge is 0.237 e. The van der Waals surface area contributed by atoms with Gasteiger partial charge in [-0.1, -0.05) is 0 Å². The Bertz CT molecular complexity index is 480. The van der Waals surface area contributed by atoms with Crippen molar-refractivity contribution < 1.29 is 14.3 Å². The van der Waals surface area contributed by atoms with Crippen LogP contribution in [-0.2, 0) is 4.79 Å². The maximum Gasteiger partial charge on any atom is 0.237 e. The third-order valence-electron chi connectivity index (χ3n) is 3.08. The third-order valence-corrected chi connectivity index (χ3v) is 4.15. The number of carbonyl (C=O) groups excluding carboxylic acids is 1. The number of carbonyl (C=O) groups is 1. The molecule has 3 rings (SSSR count). The predicted octanol–water partition coefficient (Wildman–Crippen LogP) is 0.822. The summed E-state index contributed by atoms with van der Waals surface area (Å²) in [5.41, 5.74) is 6.58. The largest absolute Gasteiger partial charge is 0.454 e. The number of fused-ring (bicyclic) bond motifs is 1. The molecular weight excluding hydrogens is 252 g/mol. The highest BCUT2D eigenvalue weighted by molar-refractivity contribution is 8.00. The molecule has 5 nitrogen and oxygen atoms in total. The molecule has 2 aliphatic heterocycles. The van der Waals surface area contributed by atoms with Gasteiger partial charge in [-0.3, -0.25) is 4.79 Å². The highest BCUT2D eigenvalue weighted by Crippen LogP contribution is 2.37. The van der Waals surface area contributed by atoms with E-state index in [0.29, 0.717) is 18.0 Å². The first-order valence-corrected chi connectivity index (χ1v) is 6.94. The molecule has 96 valence electrons. The van der Waals surface area contributed by atoms with Gasteiger partial charge in [0.1, 0.15) is 0 Å². The second-order valence-corrected chi connectivity index (χ2v) is 5.24. The number of thioether (sulfide) groups is 1. The zero-order valence-corrected chi connectivity index (χ0v) is 10.6. The van der Waals surface area contributed by atoms with Gasteiger partial charge in [-0.2, -0.15) is 0 Å². The fourth-order valence-electron chi connectivity index (χ4n) is 2.19. The average Bonchev–Trinajstić information content (AvgIpc) is 2.85. The first-order chi connectivity index (χ1) is 8.79. The van der Waals surface area contributed by atoms with Crippen molar-refractivity contribution in [3.8, 4) is 11.5 Å². The summed E-state index contributed by atoms with van der Waals surface area (Å²) in [4.78, 5) is 13.8. The zero-order chi connectivity index (χ0) is 12.5. The summed E-state index contributed by atoms with van der Waals surface area (Å²) in [5.74, 6) is 2.89. The van der Waals surface area contributed by atoms with Crippen LogP contribution in [0.4, 0.5) is 5.69 Å². The highest BCUT2D eigenvalue weighted by Gasteiger charge is 2.29. The number of anilines is 1. The fourth-order valence-corrected chi connectivity index (χ4v) is 3.18. The van der Waals surface area contributed by atoms with E-state index < -0.39 is 0 Å². The zero-order valence-electron chi connectivity index (χ0n) is 9.80. The lowest BCUT2D eigenvalue weighted by molar-refractivity contribution is -0.116. The highest BCUT2D eigenvalue weighted by atomic mass is 32.2. The number of rotatable bonds is 2. The van der Waals surface area contributed by atoms with Crippen molar-refractivity contribution in [3.05, 3.63) is 18.2 Å². The second-order valence-electron chi connectivity index (χ2n) is 4.21. The summed E-state index contributed by atoms with van der Waals surface area (Å²) >= 11 is 1.63. The van der Waals surface area contributed by atoms with Gasteiger partial charge in [-0.15, -0.1) is 11.8 Å². The van der Waals surface area contributed by atoms with Crippen molar-refractivity contribution >= 4 is 23.4 Å². The predicted molar refractivity (Wildman–Crippen MR) is 70.2 cm³/mol. The fraction of sp³-hybridized carbons (Fsp3) is 0.417. The van der Waals surface area contributed by atoms with E-state index >= 15 is 0 Å². The Kier molecular flexibility index (Phi) is 3.05. The van der Waals surface area contributed by atoms with E-state index in [9.17, 15) is 4.79 Å². The van der Waals surface area contributed by atoms with E-state index in [2.05, 4.69) is 0 Å². The number of hydrogen-bond donors (Lipinski definition) is 1. The Morgan fingerprint density at radius 3 is 3.06 bits per heavy atom. The van der Waals surface area contributed by atoms with Crippen LogP contribution in [0.3, 0.4) is 0 Å². The van der Waals surface area contributed by atoms with Gasteiger partial charge >= 0.3 is 0 Å². The van der Waals surface area contributed by atoms with Crippen molar-refractivity contribution in [1.82, 2.24) is 0 Å². The molecule has 2 aliphatic rings. The van der Waals surface area contributed by atoms with E-state index in [1.807, 2.05) is 18.2 Å². The van der Waals surface area contributed by atoms with Crippen molar-refractivity contribution in [2.45, 2.75) is 6.04 Å². The number of hydrogen-bond acceptors (Lipinski definition) is 5. The maximum atomic E-state index is 12.0. The van der Waals surface area contributed by atoms with Gasteiger partial charge < -0.3 is 20.1 Å². The van der Waals surface area contributed by atoms with Gasteiger partial charge in [0.05, 0.1) is 11.8 Å². The average molecular weight is 266 g/mol. The first kappa shape index (κ1) is 11.7. The van der Waals surface area contributed by atoms with Crippen LogP contribution in [0.25, 0.3) is 0 Å². The molecular formula is C12H14N2O3S. The number of amides is 1. The summed E-state index contributed by atoms with van der Waals surface area (Å²) in [7, 11) is 0. The Balaban J connectivity index is 1.94. The van der Waals surface area contributed by atoms with Gasteiger partial charge in [0, 0.05) is 24.1 Å². The Morgan fingerprint density at radius 1 is 1.39 bits per heavy atom. The number of ether oxygens (including phenoxy) is 2. The number of nitrogens with two attached hydrogens (primary N) is 1. The lowest BCUT2D eigenvalue weighted by Crippen LogP contribution is -2.50. The minimum Gasteiger partial charge on any atom is -0.454 e. The van der Waals surface area contributed by atoms with Gasteiger partial charge in [-0.05, 0) is 12.1 Å². The van der Waals surface area contributed by atoms with Crippen molar-refractivity contribution in [2.24, 2.45) is 5.73 Å². The molecule has 1 fully saturated rings. The molecule has 0 saturated carbocycles. The number of benzene rings is 1. The summed E-state index contributed by atoms with van der Waals surface area (Å²) in [5, 5.41) is 0. The molecule has 1 aromatic carbocycles. The van der Waals surface area contributed by atoms with Crippen molar-refractivity contribution in [1.29, 1.82) is 0 Å². The first-order valence-electron chi connectivity index (χ1n) is 5.79.